The molecule has 1 nitrogen and oxygen atoms in total. The maximum Gasteiger partial charge on any atom is 0.0468 e. The maximum absolute atomic E-state index is 2.48. The molecule has 60 heavy (non-hydrogen) atoms. The first kappa shape index (κ1) is 35.7. The molecule has 1 aliphatic rings. The van der Waals surface area contributed by atoms with Crippen LogP contribution in [0.15, 0.2) is 218 Å². The third kappa shape index (κ3) is 6.19. The fourth-order valence-electron chi connectivity index (χ4n) is 9.52. The van der Waals surface area contributed by atoms with Crippen molar-refractivity contribution in [3.63, 3.8) is 0 Å². The number of rotatable bonds is 7. The van der Waals surface area contributed by atoms with Crippen LogP contribution in [0.3, 0.4) is 0 Å². The van der Waals surface area contributed by atoms with E-state index in [2.05, 4.69) is 230 Å². The molecule has 0 fully saturated rings. The van der Waals surface area contributed by atoms with E-state index in [9.17, 15) is 0 Å². The monoisotopic (exact) mass is 765 g/mol. The van der Waals surface area contributed by atoms with Crippen molar-refractivity contribution in [2.24, 2.45) is 0 Å². The summed E-state index contributed by atoms with van der Waals surface area (Å²) in [5.74, 6) is 0. The van der Waals surface area contributed by atoms with Crippen molar-refractivity contribution in [1.82, 2.24) is 0 Å². The molecule has 1 aliphatic carbocycles. The third-order valence-corrected chi connectivity index (χ3v) is 12.4. The summed E-state index contributed by atoms with van der Waals surface area (Å²) in [7, 11) is 0. The standard InChI is InChI=1S/C59H43N/c1-40-28-32-46(33-29-40)60(47-34-30-44(31-35-47)50-27-15-23-41-20-11-12-24-49(41)50)48-36-37-53-56(38-48)51-25-13-14-26-52(51)58-55(43-18-7-3-8-19-43)39-54(42-16-5-2-6-17-42)57(59(53)58)45-21-9-4-10-22-45/h2-7,9-18,20-39H,8,19H2,1H3. The van der Waals surface area contributed by atoms with Crippen molar-refractivity contribution in [1.29, 1.82) is 0 Å². The minimum atomic E-state index is 1.01. The number of anilines is 3. The Labute approximate surface area is 351 Å². The lowest BCUT2D eigenvalue weighted by molar-refractivity contribution is 1.06. The summed E-state index contributed by atoms with van der Waals surface area (Å²) in [4.78, 5) is 2.41. The van der Waals surface area contributed by atoms with Crippen LogP contribution in [-0.2, 0) is 0 Å². The summed E-state index contributed by atoms with van der Waals surface area (Å²) < 4.78 is 0. The number of hydrogen-bond donors (Lipinski definition) is 0. The van der Waals surface area contributed by atoms with Gasteiger partial charge in [-0.15, -0.1) is 0 Å². The van der Waals surface area contributed by atoms with Crippen LogP contribution in [-0.4, -0.2) is 0 Å². The molecule has 0 amide bonds. The Kier molecular flexibility index (Phi) is 8.94. The van der Waals surface area contributed by atoms with Crippen molar-refractivity contribution in [2.45, 2.75) is 19.8 Å². The van der Waals surface area contributed by atoms with Gasteiger partial charge >= 0.3 is 0 Å². The molecule has 10 aromatic carbocycles. The van der Waals surface area contributed by atoms with Crippen LogP contribution in [0, 0.1) is 6.92 Å². The molecule has 0 spiro atoms. The van der Waals surface area contributed by atoms with E-state index in [0.717, 1.165) is 29.9 Å². The van der Waals surface area contributed by atoms with Crippen LogP contribution in [0.25, 0.3) is 82.0 Å². The van der Waals surface area contributed by atoms with Crippen molar-refractivity contribution < 1.29 is 0 Å². The number of nitrogens with zero attached hydrogens (tertiary/aromatic N) is 1. The number of hydrogen-bond acceptors (Lipinski definition) is 1. The van der Waals surface area contributed by atoms with Gasteiger partial charge in [-0.1, -0.05) is 182 Å². The number of allylic oxidation sites excluding steroid dienone is 4. The van der Waals surface area contributed by atoms with Crippen LogP contribution in [0.2, 0.25) is 0 Å². The Morgan fingerprint density at radius 1 is 0.400 bits per heavy atom. The van der Waals surface area contributed by atoms with Gasteiger partial charge in [-0.05, 0) is 150 Å². The number of aryl methyl sites for hydroxylation is 1. The molecule has 11 rings (SSSR count). The Morgan fingerprint density at radius 3 is 1.73 bits per heavy atom. The van der Waals surface area contributed by atoms with E-state index in [1.54, 1.807) is 0 Å². The van der Waals surface area contributed by atoms with E-state index < -0.39 is 0 Å². The SMILES string of the molecule is Cc1ccc(N(c2ccc(-c3cccc4ccccc34)cc2)c2ccc3c(c2)c2ccccc2c2c(C4=CC=CCC4)cc(-c4ccccc4)c(-c4ccccc4)c32)cc1. The molecule has 0 atom stereocenters. The molecule has 0 heterocycles. The van der Waals surface area contributed by atoms with Crippen LogP contribution >= 0.6 is 0 Å². The second-order valence-electron chi connectivity index (χ2n) is 16.0. The molecular weight excluding hydrogens is 723 g/mol. The molecular formula is C59H43N. The summed E-state index contributed by atoms with van der Waals surface area (Å²) in [6, 6.07) is 73.9. The fraction of sp³-hybridized carbons (Fsp3) is 0.0508. The maximum atomic E-state index is 2.48. The normalized spacial score (nSPS) is 12.7. The molecule has 0 radical (unpaired) electrons. The highest BCUT2D eigenvalue weighted by molar-refractivity contribution is 6.32. The first-order chi connectivity index (χ1) is 29.7. The first-order valence-corrected chi connectivity index (χ1v) is 21.1. The quantitative estimate of drug-likeness (QED) is 0.146. The zero-order valence-corrected chi connectivity index (χ0v) is 33.6. The van der Waals surface area contributed by atoms with Crippen LogP contribution in [0.5, 0.6) is 0 Å². The highest BCUT2D eigenvalue weighted by atomic mass is 15.1. The lowest BCUT2D eigenvalue weighted by Gasteiger charge is -2.27. The van der Waals surface area contributed by atoms with Crippen LogP contribution < -0.4 is 4.90 Å². The minimum absolute atomic E-state index is 1.01. The summed E-state index contributed by atoms with van der Waals surface area (Å²) in [5.41, 5.74) is 14.7. The van der Waals surface area contributed by atoms with Gasteiger partial charge in [-0.3, -0.25) is 0 Å². The van der Waals surface area contributed by atoms with Crippen molar-refractivity contribution in [2.75, 3.05) is 4.90 Å². The third-order valence-electron chi connectivity index (χ3n) is 12.4. The Bertz CT molecular complexity index is 3280. The van der Waals surface area contributed by atoms with Gasteiger partial charge in [0.25, 0.3) is 0 Å². The van der Waals surface area contributed by atoms with Gasteiger partial charge in [-0.25, -0.2) is 0 Å². The highest BCUT2D eigenvalue weighted by Crippen LogP contribution is 2.50. The second kappa shape index (κ2) is 15.0. The van der Waals surface area contributed by atoms with Gasteiger partial charge in [0.2, 0.25) is 0 Å². The molecule has 0 saturated heterocycles. The number of fused-ring (bicyclic) bond motifs is 7. The van der Waals surface area contributed by atoms with Gasteiger partial charge in [0.15, 0.2) is 0 Å². The van der Waals surface area contributed by atoms with Gasteiger partial charge < -0.3 is 4.90 Å². The average Bonchev–Trinajstić information content (AvgIpc) is 3.32. The fourth-order valence-corrected chi connectivity index (χ4v) is 9.52. The van der Waals surface area contributed by atoms with E-state index in [1.807, 2.05) is 0 Å². The molecule has 1 heteroatoms. The van der Waals surface area contributed by atoms with Crippen molar-refractivity contribution in [3.05, 3.63) is 230 Å². The van der Waals surface area contributed by atoms with Gasteiger partial charge in [0.05, 0.1) is 0 Å². The predicted molar refractivity (Wildman–Crippen MR) is 259 cm³/mol. The topological polar surface area (TPSA) is 3.24 Å². The summed E-state index contributed by atoms with van der Waals surface area (Å²) in [6.45, 7) is 2.16. The second-order valence-corrected chi connectivity index (χ2v) is 16.0. The lowest BCUT2D eigenvalue weighted by atomic mass is 9.80. The smallest absolute Gasteiger partial charge is 0.0468 e. The van der Waals surface area contributed by atoms with Gasteiger partial charge in [0, 0.05) is 17.1 Å². The molecule has 284 valence electrons. The van der Waals surface area contributed by atoms with Crippen molar-refractivity contribution >= 4 is 65.7 Å². The first-order valence-electron chi connectivity index (χ1n) is 21.1. The zero-order chi connectivity index (χ0) is 40.0. The van der Waals surface area contributed by atoms with E-state index in [1.165, 1.54) is 93.2 Å². The van der Waals surface area contributed by atoms with Crippen LogP contribution in [0.4, 0.5) is 17.1 Å². The van der Waals surface area contributed by atoms with E-state index >= 15 is 0 Å². The molecule has 0 N–H and O–H groups in total. The Morgan fingerprint density at radius 2 is 1.00 bits per heavy atom. The van der Waals surface area contributed by atoms with E-state index in [4.69, 9.17) is 0 Å². The minimum Gasteiger partial charge on any atom is -0.310 e. The summed E-state index contributed by atoms with van der Waals surface area (Å²) >= 11 is 0. The molecule has 0 bridgehead atoms. The van der Waals surface area contributed by atoms with Gasteiger partial charge in [0.1, 0.15) is 0 Å². The highest BCUT2D eigenvalue weighted by Gasteiger charge is 2.23. The predicted octanol–water partition coefficient (Wildman–Crippen LogP) is 16.8. The average molecular weight is 766 g/mol. The molecule has 0 aliphatic heterocycles. The van der Waals surface area contributed by atoms with Gasteiger partial charge in [-0.2, -0.15) is 0 Å². The van der Waals surface area contributed by atoms with E-state index in [0.29, 0.717) is 0 Å². The molecule has 0 saturated carbocycles. The molecule has 0 unspecified atom stereocenters. The van der Waals surface area contributed by atoms with E-state index in [-0.39, 0.29) is 0 Å². The molecule has 0 aromatic heterocycles. The Balaban J connectivity index is 1.19. The summed E-state index contributed by atoms with van der Waals surface area (Å²) in [5, 5.41) is 10.2. The van der Waals surface area contributed by atoms with Crippen LogP contribution in [0.1, 0.15) is 24.0 Å². The lowest BCUT2D eigenvalue weighted by Crippen LogP contribution is -2.10. The van der Waals surface area contributed by atoms with Crippen molar-refractivity contribution in [3.8, 4) is 33.4 Å². The zero-order valence-electron chi connectivity index (χ0n) is 33.6. The summed E-state index contributed by atoms with van der Waals surface area (Å²) in [6.07, 6.45) is 8.92. The largest absolute Gasteiger partial charge is 0.310 e. The number of benzene rings is 10. The molecule has 10 aromatic rings. The Hall–Kier alpha value is -7.48.